The molecule has 2 aliphatic rings. The summed E-state index contributed by atoms with van der Waals surface area (Å²) in [5.74, 6) is 1.22. The maximum absolute atomic E-state index is 5.72. The Bertz CT molecular complexity index is 631. The van der Waals surface area contributed by atoms with Gasteiger partial charge in [-0.25, -0.2) is 0 Å². The van der Waals surface area contributed by atoms with E-state index in [4.69, 9.17) is 14.3 Å². The van der Waals surface area contributed by atoms with Crippen molar-refractivity contribution in [2.75, 3.05) is 19.8 Å². The molecule has 0 amide bonds. The first-order valence-corrected chi connectivity index (χ1v) is 8.69. The summed E-state index contributed by atoms with van der Waals surface area (Å²) in [4.78, 5) is 2.47. The maximum Gasteiger partial charge on any atom is 0.0947 e. The molecule has 1 aliphatic heterocycles. The van der Waals surface area contributed by atoms with E-state index in [1.807, 2.05) is 12.3 Å². The van der Waals surface area contributed by atoms with Gasteiger partial charge in [0, 0.05) is 56.0 Å². The second-order valence-electron chi connectivity index (χ2n) is 6.86. The lowest BCUT2D eigenvalue weighted by Gasteiger charge is -2.31. The molecule has 0 unspecified atom stereocenters. The van der Waals surface area contributed by atoms with Gasteiger partial charge in [-0.1, -0.05) is 0 Å². The van der Waals surface area contributed by atoms with Crippen molar-refractivity contribution in [1.29, 1.82) is 0 Å². The first-order valence-electron chi connectivity index (χ1n) is 8.69. The molecule has 1 aliphatic carbocycles. The summed E-state index contributed by atoms with van der Waals surface area (Å²) in [5, 5.41) is 4.89. The van der Waals surface area contributed by atoms with Crippen LogP contribution in [0.5, 0.6) is 0 Å². The van der Waals surface area contributed by atoms with Crippen molar-refractivity contribution in [2.24, 2.45) is 5.92 Å². The first-order chi connectivity index (χ1) is 11.3. The van der Waals surface area contributed by atoms with E-state index in [0.29, 0.717) is 5.92 Å². The zero-order chi connectivity index (χ0) is 15.6. The number of hydrogen-bond donors (Lipinski definition) is 0. The molecular formula is C18H25N3O2. The molecule has 0 saturated heterocycles. The normalized spacial score (nSPS) is 21.5. The molecule has 0 spiro atoms. The Morgan fingerprint density at radius 3 is 3.04 bits per heavy atom. The van der Waals surface area contributed by atoms with Crippen LogP contribution >= 0.6 is 0 Å². The summed E-state index contributed by atoms with van der Waals surface area (Å²) in [6.07, 6.45) is 8.56. The molecule has 23 heavy (non-hydrogen) atoms. The molecule has 1 fully saturated rings. The molecule has 0 aromatic carbocycles. The van der Waals surface area contributed by atoms with E-state index in [1.54, 1.807) is 6.26 Å². The van der Waals surface area contributed by atoms with Crippen LogP contribution in [-0.2, 0) is 24.4 Å². The van der Waals surface area contributed by atoms with Gasteiger partial charge in [-0.15, -0.1) is 0 Å². The Kier molecular flexibility index (Phi) is 4.23. The molecule has 2 aromatic heterocycles. The molecule has 1 saturated carbocycles. The number of rotatable bonds is 7. The molecule has 4 rings (SSSR count). The molecular weight excluding hydrogens is 290 g/mol. The predicted molar refractivity (Wildman–Crippen MR) is 87.0 cm³/mol. The van der Waals surface area contributed by atoms with E-state index in [1.165, 1.54) is 29.7 Å². The van der Waals surface area contributed by atoms with Gasteiger partial charge < -0.3 is 9.15 Å². The number of fused-ring (bicyclic) bond motifs is 1. The Morgan fingerprint density at radius 1 is 1.39 bits per heavy atom. The standard InChI is InChI=1S/C18H25N3O2/c1-2-22-13-17-10-20(7-15-5-6-23-12-15)9-16-11-21(19-18(16)17)8-14-3-4-14/h5-6,11-12,14,17H,2-4,7-10,13H2,1H3/t17-/m1/s1. The van der Waals surface area contributed by atoms with Gasteiger partial charge in [0.15, 0.2) is 0 Å². The van der Waals surface area contributed by atoms with E-state index in [0.717, 1.165) is 45.3 Å². The van der Waals surface area contributed by atoms with Crippen molar-refractivity contribution in [3.63, 3.8) is 0 Å². The molecule has 0 radical (unpaired) electrons. The Hall–Kier alpha value is -1.59. The summed E-state index contributed by atoms with van der Waals surface area (Å²) in [6.45, 7) is 7.54. The van der Waals surface area contributed by atoms with Gasteiger partial charge in [0.05, 0.1) is 24.8 Å². The van der Waals surface area contributed by atoms with Crippen LogP contribution in [0.25, 0.3) is 0 Å². The van der Waals surface area contributed by atoms with E-state index < -0.39 is 0 Å². The van der Waals surface area contributed by atoms with Gasteiger partial charge >= 0.3 is 0 Å². The van der Waals surface area contributed by atoms with Crippen molar-refractivity contribution < 1.29 is 9.15 Å². The first kappa shape index (κ1) is 15.0. The zero-order valence-corrected chi connectivity index (χ0v) is 13.8. The topological polar surface area (TPSA) is 43.4 Å². The fraction of sp³-hybridized carbons (Fsp3) is 0.611. The SMILES string of the molecule is CCOC[C@H]1CN(Cc2ccoc2)Cc2cn(CC3CC3)nc21. The van der Waals surface area contributed by atoms with Crippen molar-refractivity contribution in [3.8, 4) is 0 Å². The highest BCUT2D eigenvalue weighted by Crippen LogP contribution is 2.33. The highest BCUT2D eigenvalue weighted by molar-refractivity contribution is 5.25. The fourth-order valence-electron chi connectivity index (χ4n) is 3.46. The van der Waals surface area contributed by atoms with Gasteiger partial charge in [-0.3, -0.25) is 9.58 Å². The number of nitrogens with zero attached hydrogens (tertiary/aromatic N) is 3. The van der Waals surface area contributed by atoms with Crippen LogP contribution in [0.15, 0.2) is 29.2 Å². The average Bonchev–Trinajstić information content (AvgIpc) is 3.04. The summed E-state index contributed by atoms with van der Waals surface area (Å²) >= 11 is 0. The Labute approximate surface area is 137 Å². The molecule has 5 heteroatoms. The minimum absolute atomic E-state index is 0.367. The highest BCUT2D eigenvalue weighted by atomic mass is 16.5. The fourth-order valence-corrected chi connectivity index (χ4v) is 3.46. The number of ether oxygens (including phenoxy) is 1. The van der Waals surface area contributed by atoms with Crippen molar-refractivity contribution in [2.45, 2.75) is 45.3 Å². The molecule has 124 valence electrons. The van der Waals surface area contributed by atoms with E-state index >= 15 is 0 Å². The van der Waals surface area contributed by atoms with Gasteiger partial charge in [-0.2, -0.15) is 5.10 Å². The van der Waals surface area contributed by atoms with Crippen molar-refractivity contribution in [3.05, 3.63) is 41.6 Å². The zero-order valence-electron chi connectivity index (χ0n) is 13.8. The summed E-state index contributed by atoms with van der Waals surface area (Å²) in [5.41, 5.74) is 3.85. The van der Waals surface area contributed by atoms with Crippen LogP contribution in [0.1, 0.15) is 42.5 Å². The molecule has 0 bridgehead atoms. The van der Waals surface area contributed by atoms with Crippen LogP contribution in [0.3, 0.4) is 0 Å². The van der Waals surface area contributed by atoms with Crippen LogP contribution in [-0.4, -0.2) is 34.4 Å². The third-order valence-electron chi connectivity index (χ3n) is 4.78. The summed E-state index contributed by atoms with van der Waals surface area (Å²) in [7, 11) is 0. The van der Waals surface area contributed by atoms with Crippen LogP contribution in [0.2, 0.25) is 0 Å². The van der Waals surface area contributed by atoms with Crippen molar-refractivity contribution >= 4 is 0 Å². The quantitative estimate of drug-likeness (QED) is 0.788. The van der Waals surface area contributed by atoms with Crippen molar-refractivity contribution in [1.82, 2.24) is 14.7 Å². The number of furan rings is 1. The molecule has 1 atom stereocenters. The highest BCUT2D eigenvalue weighted by Gasteiger charge is 2.30. The summed E-state index contributed by atoms with van der Waals surface area (Å²) in [6, 6.07) is 2.05. The third-order valence-corrected chi connectivity index (χ3v) is 4.78. The summed E-state index contributed by atoms with van der Waals surface area (Å²) < 4.78 is 13.1. The van der Waals surface area contributed by atoms with Gasteiger partial charge in [0.2, 0.25) is 0 Å². The van der Waals surface area contributed by atoms with Gasteiger partial charge in [0.25, 0.3) is 0 Å². The Balaban J connectivity index is 1.51. The number of aromatic nitrogens is 2. The Morgan fingerprint density at radius 2 is 2.30 bits per heavy atom. The van der Waals surface area contributed by atoms with Crippen LogP contribution in [0.4, 0.5) is 0 Å². The second-order valence-corrected chi connectivity index (χ2v) is 6.86. The van der Waals surface area contributed by atoms with E-state index in [2.05, 4.69) is 22.7 Å². The predicted octanol–water partition coefficient (Wildman–Crippen LogP) is 3.02. The van der Waals surface area contributed by atoms with Crippen LogP contribution in [0, 0.1) is 5.92 Å². The van der Waals surface area contributed by atoms with Gasteiger partial charge in [0.1, 0.15) is 0 Å². The smallest absolute Gasteiger partial charge is 0.0947 e. The molecule has 5 nitrogen and oxygen atoms in total. The molecule has 3 heterocycles. The minimum atomic E-state index is 0.367. The lowest BCUT2D eigenvalue weighted by molar-refractivity contribution is 0.104. The van der Waals surface area contributed by atoms with Gasteiger partial charge in [-0.05, 0) is 31.7 Å². The number of hydrogen-bond acceptors (Lipinski definition) is 4. The lowest BCUT2D eigenvalue weighted by Crippen LogP contribution is -2.34. The maximum atomic E-state index is 5.72. The minimum Gasteiger partial charge on any atom is -0.472 e. The molecule has 0 N–H and O–H groups in total. The third kappa shape index (κ3) is 3.51. The van der Waals surface area contributed by atoms with Crippen LogP contribution < -0.4 is 0 Å². The average molecular weight is 315 g/mol. The van der Waals surface area contributed by atoms with E-state index in [-0.39, 0.29) is 0 Å². The monoisotopic (exact) mass is 315 g/mol. The largest absolute Gasteiger partial charge is 0.472 e. The van der Waals surface area contributed by atoms with E-state index in [9.17, 15) is 0 Å². The second kappa shape index (κ2) is 6.49. The lowest BCUT2D eigenvalue weighted by atomic mass is 9.97. The molecule has 2 aromatic rings.